The summed E-state index contributed by atoms with van der Waals surface area (Å²) in [5, 5.41) is 0. The van der Waals surface area contributed by atoms with Crippen LogP contribution in [0.15, 0.2) is 22.7 Å². The van der Waals surface area contributed by atoms with Crippen LogP contribution in [0.1, 0.15) is 19.8 Å². The van der Waals surface area contributed by atoms with Crippen molar-refractivity contribution in [3.8, 4) is 0 Å². The van der Waals surface area contributed by atoms with Gasteiger partial charge in [0.15, 0.2) is 0 Å². The minimum Gasteiger partial charge on any atom is -0.399 e. The molecule has 18 heavy (non-hydrogen) atoms. The Hall–Kier alpha value is -0.740. The van der Waals surface area contributed by atoms with Gasteiger partial charge in [-0.3, -0.25) is 0 Å². The Bertz CT molecular complexity index is 408. The van der Waals surface area contributed by atoms with E-state index >= 15 is 0 Å². The van der Waals surface area contributed by atoms with Crippen molar-refractivity contribution in [2.45, 2.75) is 25.8 Å². The van der Waals surface area contributed by atoms with E-state index in [1.807, 2.05) is 12.1 Å². The molecule has 2 rings (SSSR count). The molecule has 1 atom stereocenters. The molecule has 0 radical (unpaired) electrons. The lowest BCUT2D eigenvalue weighted by atomic mass is 10.1. The number of nitrogen functional groups attached to an aromatic ring is 1. The van der Waals surface area contributed by atoms with Crippen LogP contribution in [-0.2, 0) is 0 Å². The Balaban J connectivity index is 2.28. The molecule has 1 aromatic carbocycles. The van der Waals surface area contributed by atoms with Crippen LogP contribution in [-0.4, -0.2) is 37.6 Å². The number of nitrogens with zero attached hydrogens (tertiary/aromatic N) is 2. The maximum Gasteiger partial charge on any atom is 0.0515 e. The second-order valence-corrected chi connectivity index (χ2v) is 5.94. The standard InChI is InChI=1S/C14H22BrN3/c1-3-12-10-17(2)7-4-8-18(12)14-6-5-11(16)9-13(14)15/h5-6,9,12H,3-4,7-8,10,16H2,1-2H3. The molecule has 0 bridgehead atoms. The van der Waals surface area contributed by atoms with Crippen LogP contribution in [0.25, 0.3) is 0 Å². The minimum absolute atomic E-state index is 0.581. The van der Waals surface area contributed by atoms with Gasteiger partial charge in [-0.05, 0) is 60.6 Å². The van der Waals surface area contributed by atoms with E-state index in [-0.39, 0.29) is 0 Å². The highest BCUT2D eigenvalue weighted by molar-refractivity contribution is 9.10. The van der Waals surface area contributed by atoms with E-state index in [2.05, 4.69) is 45.8 Å². The van der Waals surface area contributed by atoms with Crippen LogP contribution >= 0.6 is 15.9 Å². The Morgan fingerprint density at radius 1 is 1.39 bits per heavy atom. The zero-order valence-corrected chi connectivity index (χ0v) is 12.8. The summed E-state index contributed by atoms with van der Waals surface area (Å²) in [5.41, 5.74) is 7.90. The molecule has 1 fully saturated rings. The van der Waals surface area contributed by atoms with E-state index in [1.165, 1.54) is 25.1 Å². The molecule has 0 saturated carbocycles. The Labute approximate surface area is 118 Å². The Kier molecular flexibility index (Phi) is 4.51. The lowest BCUT2D eigenvalue weighted by Gasteiger charge is -2.33. The third kappa shape index (κ3) is 2.98. The predicted octanol–water partition coefficient (Wildman–Crippen LogP) is 2.95. The highest BCUT2D eigenvalue weighted by atomic mass is 79.9. The van der Waals surface area contributed by atoms with Gasteiger partial charge >= 0.3 is 0 Å². The monoisotopic (exact) mass is 311 g/mol. The first-order valence-corrected chi connectivity index (χ1v) is 7.41. The molecule has 0 amide bonds. The summed E-state index contributed by atoms with van der Waals surface area (Å²) in [6.45, 7) is 5.69. The summed E-state index contributed by atoms with van der Waals surface area (Å²) in [7, 11) is 2.21. The molecular weight excluding hydrogens is 290 g/mol. The summed E-state index contributed by atoms with van der Waals surface area (Å²) in [4.78, 5) is 4.95. The van der Waals surface area contributed by atoms with Crippen LogP contribution < -0.4 is 10.6 Å². The third-order valence-corrected chi connectivity index (χ3v) is 4.29. The smallest absolute Gasteiger partial charge is 0.0515 e. The van der Waals surface area contributed by atoms with Gasteiger partial charge in [0, 0.05) is 29.3 Å². The second kappa shape index (κ2) is 5.93. The van der Waals surface area contributed by atoms with Gasteiger partial charge in [0.1, 0.15) is 0 Å². The Morgan fingerprint density at radius 2 is 2.17 bits per heavy atom. The summed E-state index contributed by atoms with van der Waals surface area (Å²) in [6.07, 6.45) is 2.38. The summed E-state index contributed by atoms with van der Waals surface area (Å²) in [5.74, 6) is 0. The van der Waals surface area contributed by atoms with Crippen molar-refractivity contribution in [2.75, 3.05) is 37.3 Å². The molecule has 2 N–H and O–H groups in total. The van der Waals surface area contributed by atoms with Crippen LogP contribution in [0.3, 0.4) is 0 Å². The zero-order valence-electron chi connectivity index (χ0n) is 11.2. The maximum absolute atomic E-state index is 5.82. The fraction of sp³-hybridized carbons (Fsp3) is 0.571. The molecule has 0 spiro atoms. The van der Waals surface area contributed by atoms with Crippen molar-refractivity contribution in [1.82, 2.24) is 4.90 Å². The van der Waals surface area contributed by atoms with Gasteiger partial charge in [-0.2, -0.15) is 0 Å². The van der Waals surface area contributed by atoms with Gasteiger partial charge in [0.25, 0.3) is 0 Å². The zero-order chi connectivity index (χ0) is 13.1. The first-order valence-electron chi connectivity index (χ1n) is 6.62. The van der Waals surface area contributed by atoms with Gasteiger partial charge < -0.3 is 15.5 Å². The molecule has 1 heterocycles. The SMILES string of the molecule is CCC1CN(C)CCCN1c1ccc(N)cc1Br. The number of benzene rings is 1. The molecule has 1 unspecified atom stereocenters. The van der Waals surface area contributed by atoms with Gasteiger partial charge in [-0.1, -0.05) is 6.92 Å². The molecule has 100 valence electrons. The van der Waals surface area contributed by atoms with Crippen molar-refractivity contribution in [3.63, 3.8) is 0 Å². The predicted molar refractivity (Wildman–Crippen MR) is 82.1 cm³/mol. The number of hydrogen-bond acceptors (Lipinski definition) is 3. The number of nitrogens with two attached hydrogens (primary N) is 1. The summed E-state index contributed by atoms with van der Waals surface area (Å²) in [6, 6.07) is 6.70. The molecule has 1 saturated heterocycles. The molecule has 3 nitrogen and oxygen atoms in total. The molecule has 1 aliphatic heterocycles. The van der Waals surface area contributed by atoms with Crippen molar-refractivity contribution in [3.05, 3.63) is 22.7 Å². The Morgan fingerprint density at radius 3 is 2.83 bits per heavy atom. The molecule has 0 aliphatic carbocycles. The fourth-order valence-corrected chi connectivity index (χ4v) is 3.29. The summed E-state index contributed by atoms with van der Waals surface area (Å²) < 4.78 is 1.10. The number of rotatable bonds is 2. The van der Waals surface area contributed by atoms with E-state index in [1.54, 1.807) is 0 Å². The van der Waals surface area contributed by atoms with Crippen molar-refractivity contribution in [2.24, 2.45) is 0 Å². The van der Waals surface area contributed by atoms with Gasteiger partial charge in [0.05, 0.1) is 5.69 Å². The lowest BCUT2D eigenvalue weighted by Crippen LogP contribution is -2.40. The van der Waals surface area contributed by atoms with E-state index in [0.29, 0.717) is 6.04 Å². The van der Waals surface area contributed by atoms with Crippen LogP contribution in [0.5, 0.6) is 0 Å². The van der Waals surface area contributed by atoms with E-state index < -0.39 is 0 Å². The average molecular weight is 312 g/mol. The second-order valence-electron chi connectivity index (χ2n) is 5.08. The van der Waals surface area contributed by atoms with Crippen molar-refractivity contribution in [1.29, 1.82) is 0 Å². The van der Waals surface area contributed by atoms with Crippen LogP contribution in [0.4, 0.5) is 11.4 Å². The van der Waals surface area contributed by atoms with Gasteiger partial charge in [-0.25, -0.2) is 0 Å². The number of likely N-dealkylation sites (N-methyl/N-ethyl adjacent to an activating group) is 1. The largest absolute Gasteiger partial charge is 0.399 e. The van der Waals surface area contributed by atoms with Crippen LogP contribution in [0, 0.1) is 0 Å². The normalized spacial score (nSPS) is 21.9. The number of halogens is 1. The van der Waals surface area contributed by atoms with Crippen LogP contribution in [0.2, 0.25) is 0 Å². The molecule has 4 heteroatoms. The van der Waals surface area contributed by atoms with E-state index in [4.69, 9.17) is 5.73 Å². The highest BCUT2D eigenvalue weighted by Crippen LogP contribution is 2.31. The summed E-state index contributed by atoms with van der Waals surface area (Å²) >= 11 is 3.64. The number of anilines is 2. The quantitative estimate of drug-likeness (QED) is 0.852. The average Bonchev–Trinajstić information content (AvgIpc) is 2.51. The third-order valence-electron chi connectivity index (χ3n) is 3.65. The minimum atomic E-state index is 0.581. The number of hydrogen-bond donors (Lipinski definition) is 1. The van der Waals surface area contributed by atoms with E-state index in [0.717, 1.165) is 23.2 Å². The lowest BCUT2D eigenvalue weighted by molar-refractivity contribution is 0.328. The molecular formula is C14H22BrN3. The molecule has 1 aromatic rings. The highest BCUT2D eigenvalue weighted by Gasteiger charge is 2.23. The van der Waals surface area contributed by atoms with E-state index in [9.17, 15) is 0 Å². The first kappa shape index (κ1) is 13.7. The fourth-order valence-electron chi connectivity index (χ4n) is 2.67. The maximum atomic E-state index is 5.82. The van der Waals surface area contributed by atoms with Gasteiger partial charge in [0.2, 0.25) is 0 Å². The molecule has 1 aliphatic rings. The topological polar surface area (TPSA) is 32.5 Å². The first-order chi connectivity index (χ1) is 8.61. The van der Waals surface area contributed by atoms with Crippen molar-refractivity contribution < 1.29 is 0 Å². The molecule has 0 aromatic heterocycles. The van der Waals surface area contributed by atoms with Crippen molar-refractivity contribution >= 4 is 27.3 Å². The van der Waals surface area contributed by atoms with Gasteiger partial charge in [-0.15, -0.1) is 0 Å².